The van der Waals surface area contributed by atoms with E-state index in [0.29, 0.717) is 17.2 Å². The Labute approximate surface area is 107 Å². The van der Waals surface area contributed by atoms with E-state index in [4.69, 9.17) is 10.5 Å². The Kier molecular flexibility index (Phi) is 4.15. The highest BCUT2D eigenvalue weighted by Gasteiger charge is 2.24. The summed E-state index contributed by atoms with van der Waals surface area (Å²) in [6.07, 6.45) is 5.10. The summed E-state index contributed by atoms with van der Waals surface area (Å²) in [4.78, 5) is 18.0. The Morgan fingerprint density at radius 1 is 1.56 bits per heavy atom. The van der Waals surface area contributed by atoms with E-state index < -0.39 is 0 Å². The summed E-state index contributed by atoms with van der Waals surface area (Å²) in [7, 11) is 1.72. The van der Waals surface area contributed by atoms with Gasteiger partial charge >= 0.3 is 0 Å². The number of pyridine rings is 1. The van der Waals surface area contributed by atoms with Crippen LogP contribution in [0.1, 0.15) is 23.2 Å². The van der Waals surface area contributed by atoms with Crippen molar-refractivity contribution in [2.45, 2.75) is 12.8 Å². The zero-order valence-electron chi connectivity index (χ0n) is 10.6. The molecule has 1 fully saturated rings. The van der Waals surface area contributed by atoms with Crippen molar-refractivity contribution in [1.82, 2.24) is 9.88 Å². The molecule has 2 heterocycles. The molecule has 98 valence electrons. The van der Waals surface area contributed by atoms with Crippen molar-refractivity contribution in [1.29, 1.82) is 0 Å². The number of piperidine rings is 1. The van der Waals surface area contributed by atoms with Crippen molar-refractivity contribution >= 4 is 11.6 Å². The van der Waals surface area contributed by atoms with Gasteiger partial charge in [-0.05, 0) is 24.8 Å². The van der Waals surface area contributed by atoms with Crippen molar-refractivity contribution < 1.29 is 9.53 Å². The number of nitrogen functional groups attached to an aromatic ring is 1. The second-order valence-electron chi connectivity index (χ2n) is 4.65. The molecule has 18 heavy (non-hydrogen) atoms. The van der Waals surface area contributed by atoms with Crippen LogP contribution in [0.15, 0.2) is 18.5 Å². The molecular weight excluding hydrogens is 230 g/mol. The highest BCUT2D eigenvalue weighted by Crippen LogP contribution is 2.20. The molecule has 2 rings (SSSR count). The molecule has 5 heteroatoms. The first kappa shape index (κ1) is 12.8. The number of rotatable bonds is 3. The summed E-state index contributed by atoms with van der Waals surface area (Å²) in [5.74, 6) is 0.569. The maximum atomic E-state index is 12.3. The van der Waals surface area contributed by atoms with Crippen molar-refractivity contribution in [2.24, 2.45) is 5.92 Å². The minimum atomic E-state index is 0.00534. The van der Waals surface area contributed by atoms with Crippen LogP contribution in [0.3, 0.4) is 0 Å². The van der Waals surface area contributed by atoms with Crippen molar-refractivity contribution in [3.8, 4) is 0 Å². The van der Waals surface area contributed by atoms with Gasteiger partial charge in [-0.3, -0.25) is 9.78 Å². The smallest absolute Gasteiger partial charge is 0.256 e. The molecule has 0 radical (unpaired) electrons. The lowest BCUT2D eigenvalue weighted by Gasteiger charge is -2.31. The number of nitrogens with two attached hydrogens (primary N) is 1. The number of likely N-dealkylation sites (tertiary alicyclic amines) is 1. The van der Waals surface area contributed by atoms with Crippen LogP contribution in [0.4, 0.5) is 5.69 Å². The Balaban J connectivity index is 1.98. The minimum Gasteiger partial charge on any atom is -0.397 e. The Hall–Kier alpha value is -1.62. The van der Waals surface area contributed by atoms with Gasteiger partial charge in [0.05, 0.1) is 17.4 Å². The minimum absolute atomic E-state index is 0.00534. The first-order valence-corrected chi connectivity index (χ1v) is 6.20. The fraction of sp³-hybridized carbons (Fsp3) is 0.538. The topological polar surface area (TPSA) is 68.5 Å². The molecule has 1 aliphatic heterocycles. The number of hydrogen-bond acceptors (Lipinski definition) is 4. The van der Waals surface area contributed by atoms with Gasteiger partial charge in [0.2, 0.25) is 0 Å². The Morgan fingerprint density at radius 3 is 2.89 bits per heavy atom. The molecule has 0 unspecified atom stereocenters. The number of carbonyl (C=O) groups excluding carboxylic acids is 1. The molecule has 2 N–H and O–H groups in total. The van der Waals surface area contributed by atoms with Gasteiger partial charge in [0, 0.05) is 33.0 Å². The van der Waals surface area contributed by atoms with E-state index in [2.05, 4.69) is 4.98 Å². The number of carbonyl (C=O) groups is 1. The Morgan fingerprint density at radius 2 is 2.28 bits per heavy atom. The Bertz CT molecular complexity index is 414. The highest BCUT2D eigenvalue weighted by atomic mass is 16.5. The molecular formula is C13H19N3O2. The van der Waals surface area contributed by atoms with Crippen LogP contribution in [0.2, 0.25) is 0 Å². The van der Waals surface area contributed by atoms with Gasteiger partial charge in [-0.15, -0.1) is 0 Å². The molecule has 1 amide bonds. The fourth-order valence-corrected chi connectivity index (χ4v) is 2.31. The molecule has 1 aliphatic rings. The third-order valence-corrected chi connectivity index (χ3v) is 3.39. The zero-order chi connectivity index (χ0) is 13.0. The van der Waals surface area contributed by atoms with Crippen LogP contribution in [0, 0.1) is 5.92 Å². The van der Waals surface area contributed by atoms with Gasteiger partial charge in [0.1, 0.15) is 0 Å². The van der Waals surface area contributed by atoms with E-state index in [0.717, 1.165) is 32.5 Å². The maximum absolute atomic E-state index is 12.3. The monoisotopic (exact) mass is 249 g/mol. The quantitative estimate of drug-likeness (QED) is 0.873. The summed E-state index contributed by atoms with van der Waals surface area (Å²) in [6, 6.07) is 1.68. The van der Waals surface area contributed by atoms with E-state index in [9.17, 15) is 4.79 Å². The lowest BCUT2D eigenvalue weighted by molar-refractivity contribution is 0.0614. The lowest BCUT2D eigenvalue weighted by Crippen LogP contribution is -2.39. The van der Waals surface area contributed by atoms with Crippen molar-refractivity contribution in [3.63, 3.8) is 0 Å². The molecule has 0 atom stereocenters. The highest BCUT2D eigenvalue weighted by molar-refractivity contribution is 5.98. The van der Waals surface area contributed by atoms with Crippen molar-refractivity contribution in [2.75, 3.05) is 32.5 Å². The molecule has 0 aliphatic carbocycles. The molecule has 1 aromatic rings. The number of aromatic nitrogens is 1. The van der Waals surface area contributed by atoms with E-state index in [1.54, 1.807) is 19.4 Å². The first-order valence-electron chi connectivity index (χ1n) is 6.20. The number of ether oxygens (including phenoxy) is 1. The van der Waals surface area contributed by atoms with Gasteiger partial charge in [-0.25, -0.2) is 0 Å². The average molecular weight is 249 g/mol. The summed E-state index contributed by atoms with van der Waals surface area (Å²) < 4.78 is 5.15. The van der Waals surface area contributed by atoms with E-state index in [-0.39, 0.29) is 5.91 Å². The molecule has 0 bridgehead atoms. The maximum Gasteiger partial charge on any atom is 0.256 e. The summed E-state index contributed by atoms with van der Waals surface area (Å²) >= 11 is 0. The largest absolute Gasteiger partial charge is 0.397 e. The van der Waals surface area contributed by atoms with Crippen LogP contribution in [0.25, 0.3) is 0 Å². The first-order chi connectivity index (χ1) is 8.72. The number of hydrogen-bond donors (Lipinski definition) is 1. The normalized spacial score (nSPS) is 16.8. The fourth-order valence-electron chi connectivity index (χ4n) is 2.31. The summed E-state index contributed by atoms with van der Waals surface area (Å²) in [5, 5.41) is 0. The van der Waals surface area contributed by atoms with Gasteiger partial charge in [0.25, 0.3) is 5.91 Å². The van der Waals surface area contributed by atoms with Crippen LogP contribution < -0.4 is 5.73 Å². The number of methoxy groups -OCH3 is 1. The molecule has 1 saturated heterocycles. The molecule has 0 saturated carbocycles. The van der Waals surface area contributed by atoms with E-state index >= 15 is 0 Å². The van der Waals surface area contributed by atoms with Crippen molar-refractivity contribution in [3.05, 3.63) is 24.0 Å². The third-order valence-electron chi connectivity index (χ3n) is 3.39. The molecule has 0 aromatic carbocycles. The van der Waals surface area contributed by atoms with Gasteiger partial charge in [-0.1, -0.05) is 0 Å². The predicted octanol–water partition coefficient (Wildman–Crippen LogP) is 1.16. The molecule has 0 spiro atoms. The molecule has 1 aromatic heterocycles. The zero-order valence-corrected chi connectivity index (χ0v) is 10.6. The third kappa shape index (κ3) is 2.79. The van der Waals surface area contributed by atoms with Crippen LogP contribution in [-0.4, -0.2) is 42.6 Å². The van der Waals surface area contributed by atoms with E-state index in [1.165, 1.54) is 6.20 Å². The van der Waals surface area contributed by atoms with Gasteiger partial charge in [0.15, 0.2) is 0 Å². The SMILES string of the molecule is COCC1CCN(C(=O)c2ccncc2N)CC1. The lowest BCUT2D eigenvalue weighted by atomic mass is 9.97. The van der Waals surface area contributed by atoms with Crippen LogP contribution >= 0.6 is 0 Å². The summed E-state index contributed by atoms with van der Waals surface area (Å²) in [5.41, 5.74) is 6.77. The predicted molar refractivity (Wildman–Crippen MR) is 69.2 cm³/mol. The number of anilines is 1. The summed E-state index contributed by atoms with van der Waals surface area (Å²) in [6.45, 7) is 2.32. The van der Waals surface area contributed by atoms with Crippen LogP contribution in [0.5, 0.6) is 0 Å². The van der Waals surface area contributed by atoms with E-state index in [1.807, 2.05) is 4.90 Å². The average Bonchev–Trinajstić information content (AvgIpc) is 2.40. The number of nitrogens with zero attached hydrogens (tertiary/aromatic N) is 2. The van der Waals surface area contributed by atoms with Crippen LogP contribution in [-0.2, 0) is 4.74 Å². The standard InChI is InChI=1S/C13H19N3O2/c1-18-9-10-3-6-16(7-4-10)13(17)11-2-5-15-8-12(11)14/h2,5,8,10H,3-4,6-7,9,14H2,1H3. The molecule has 5 nitrogen and oxygen atoms in total. The van der Waals surface area contributed by atoms with Gasteiger partial charge in [-0.2, -0.15) is 0 Å². The van der Waals surface area contributed by atoms with Gasteiger partial charge < -0.3 is 15.4 Å². The second-order valence-corrected chi connectivity index (χ2v) is 4.65. The second kappa shape index (κ2) is 5.82. The number of amides is 1.